The predicted molar refractivity (Wildman–Crippen MR) is 53.0 cm³/mol. The van der Waals surface area contributed by atoms with Gasteiger partial charge in [-0.05, 0) is 17.5 Å². The zero-order valence-electron chi connectivity index (χ0n) is 8.08. The predicted octanol–water partition coefficient (Wildman–Crippen LogP) is 2.20. The van der Waals surface area contributed by atoms with Crippen molar-refractivity contribution in [1.82, 2.24) is 0 Å². The lowest BCUT2D eigenvalue weighted by Gasteiger charge is -2.07. The van der Waals surface area contributed by atoms with Gasteiger partial charge in [0, 0.05) is 5.56 Å². The van der Waals surface area contributed by atoms with Crippen LogP contribution in [0.3, 0.4) is 0 Å². The van der Waals surface area contributed by atoms with Crippen LogP contribution in [0.2, 0.25) is 0 Å². The fourth-order valence-corrected chi connectivity index (χ4v) is 1.61. The highest BCUT2D eigenvalue weighted by Gasteiger charge is 2.20. The van der Waals surface area contributed by atoms with Crippen molar-refractivity contribution in [3.63, 3.8) is 0 Å². The highest BCUT2D eigenvalue weighted by molar-refractivity contribution is 5.43. The molecule has 2 rings (SSSR count). The van der Waals surface area contributed by atoms with E-state index in [1.165, 1.54) is 5.56 Å². The van der Waals surface area contributed by atoms with E-state index in [1.807, 2.05) is 0 Å². The summed E-state index contributed by atoms with van der Waals surface area (Å²) >= 11 is 0. The van der Waals surface area contributed by atoms with Crippen LogP contribution in [-0.4, -0.2) is 6.61 Å². The molecule has 1 heterocycles. The highest BCUT2D eigenvalue weighted by Crippen LogP contribution is 2.33. The van der Waals surface area contributed by atoms with E-state index >= 15 is 0 Å². The minimum absolute atomic E-state index is 0.0659. The summed E-state index contributed by atoms with van der Waals surface area (Å²) in [5, 5.41) is 0. The van der Waals surface area contributed by atoms with E-state index in [0.29, 0.717) is 12.5 Å². The standard InChI is InChI=1S/C11H15NO/c1-7(2)8-3-4-9-10(12)6-13-11(9)5-8/h3-5,7,10H,6,12H2,1-2H3/t10-/m0/s1. The summed E-state index contributed by atoms with van der Waals surface area (Å²) < 4.78 is 5.48. The Kier molecular flexibility index (Phi) is 2.00. The summed E-state index contributed by atoms with van der Waals surface area (Å²) in [5.41, 5.74) is 8.30. The summed E-state index contributed by atoms with van der Waals surface area (Å²) in [7, 11) is 0. The molecule has 1 aromatic rings. The molecular weight excluding hydrogens is 162 g/mol. The Hall–Kier alpha value is -1.02. The van der Waals surface area contributed by atoms with Gasteiger partial charge in [-0.3, -0.25) is 0 Å². The molecule has 0 spiro atoms. The normalized spacial score (nSPS) is 20.2. The Bertz CT molecular complexity index is 320. The Morgan fingerprint density at radius 1 is 1.46 bits per heavy atom. The molecule has 0 amide bonds. The SMILES string of the molecule is CC(C)c1ccc2c(c1)OC[C@@H]2N. The van der Waals surface area contributed by atoms with Crippen LogP contribution < -0.4 is 10.5 Å². The van der Waals surface area contributed by atoms with Gasteiger partial charge in [0.2, 0.25) is 0 Å². The Labute approximate surface area is 78.7 Å². The van der Waals surface area contributed by atoms with Gasteiger partial charge in [0.05, 0.1) is 6.04 Å². The van der Waals surface area contributed by atoms with E-state index in [0.717, 1.165) is 11.3 Å². The molecule has 0 saturated heterocycles. The van der Waals surface area contributed by atoms with Crippen LogP contribution in [0.4, 0.5) is 0 Å². The van der Waals surface area contributed by atoms with Gasteiger partial charge in [-0.2, -0.15) is 0 Å². The largest absolute Gasteiger partial charge is 0.491 e. The lowest BCUT2D eigenvalue weighted by atomic mass is 10.00. The third kappa shape index (κ3) is 1.42. The van der Waals surface area contributed by atoms with Crippen molar-refractivity contribution in [2.75, 3.05) is 6.61 Å². The molecule has 0 saturated carbocycles. The fourth-order valence-electron chi connectivity index (χ4n) is 1.61. The molecule has 1 atom stereocenters. The molecule has 70 valence electrons. The van der Waals surface area contributed by atoms with Gasteiger partial charge in [-0.25, -0.2) is 0 Å². The number of benzene rings is 1. The van der Waals surface area contributed by atoms with E-state index in [-0.39, 0.29) is 6.04 Å². The smallest absolute Gasteiger partial charge is 0.124 e. The molecule has 0 radical (unpaired) electrons. The van der Waals surface area contributed by atoms with Crippen LogP contribution in [-0.2, 0) is 0 Å². The number of nitrogens with two attached hydrogens (primary N) is 1. The monoisotopic (exact) mass is 177 g/mol. The van der Waals surface area contributed by atoms with Crippen LogP contribution in [0.25, 0.3) is 0 Å². The van der Waals surface area contributed by atoms with E-state index in [2.05, 4.69) is 32.0 Å². The lowest BCUT2D eigenvalue weighted by molar-refractivity contribution is 0.333. The minimum atomic E-state index is 0.0659. The number of hydrogen-bond donors (Lipinski definition) is 1. The first kappa shape index (κ1) is 8.57. The zero-order valence-corrected chi connectivity index (χ0v) is 8.08. The molecular formula is C11H15NO. The third-order valence-electron chi connectivity index (χ3n) is 2.52. The number of hydrogen-bond acceptors (Lipinski definition) is 2. The van der Waals surface area contributed by atoms with Gasteiger partial charge in [0.1, 0.15) is 12.4 Å². The quantitative estimate of drug-likeness (QED) is 0.713. The van der Waals surface area contributed by atoms with Gasteiger partial charge in [0.25, 0.3) is 0 Å². The molecule has 2 N–H and O–H groups in total. The second-order valence-electron chi connectivity index (χ2n) is 3.87. The molecule has 13 heavy (non-hydrogen) atoms. The van der Waals surface area contributed by atoms with Crippen LogP contribution >= 0.6 is 0 Å². The molecule has 2 heteroatoms. The summed E-state index contributed by atoms with van der Waals surface area (Å²) in [6.07, 6.45) is 0. The van der Waals surface area contributed by atoms with Gasteiger partial charge in [-0.15, -0.1) is 0 Å². The number of rotatable bonds is 1. The van der Waals surface area contributed by atoms with Crippen molar-refractivity contribution in [2.24, 2.45) is 5.73 Å². The average Bonchev–Trinajstić information content (AvgIpc) is 2.47. The molecule has 1 aliphatic rings. The van der Waals surface area contributed by atoms with Crippen molar-refractivity contribution in [3.05, 3.63) is 29.3 Å². The fraction of sp³-hybridized carbons (Fsp3) is 0.455. The van der Waals surface area contributed by atoms with Crippen molar-refractivity contribution in [1.29, 1.82) is 0 Å². The molecule has 0 fully saturated rings. The summed E-state index contributed by atoms with van der Waals surface area (Å²) in [4.78, 5) is 0. The number of ether oxygens (including phenoxy) is 1. The highest BCUT2D eigenvalue weighted by atomic mass is 16.5. The minimum Gasteiger partial charge on any atom is -0.491 e. The van der Waals surface area contributed by atoms with Gasteiger partial charge in [-0.1, -0.05) is 26.0 Å². The van der Waals surface area contributed by atoms with Gasteiger partial charge in [0.15, 0.2) is 0 Å². The van der Waals surface area contributed by atoms with E-state index in [1.54, 1.807) is 0 Å². The maximum Gasteiger partial charge on any atom is 0.124 e. The van der Waals surface area contributed by atoms with Crippen LogP contribution in [0.1, 0.15) is 36.9 Å². The topological polar surface area (TPSA) is 35.2 Å². The van der Waals surface area contributed by atoms with Crippen molar-refractivity contribution >= 4 is 0 Å². The van der Waals surface area contributed by atoms with Crippen molar-refractivity contribution < 1.29 is 4.74 Å². The molecule has 0 unspecified atom stereocenters. The molecule has 0 aromatic heterocycles. The first-order valence-electron chi connectivity index (χ1n) is 4.70. The van der Waals surface area contributed by atoms with Gasteiger partial charge >= 0.3 is 0 Å². The first-order chi connectivity index (χ1) is 6.18. The second-order valence-corrected chi connectivity index (χ2v) is 3.87. The average molecular weight is 177 g/mol. The van der Waals surface area contributed by atoms with Crippen molar-refractivity contribution in [3.8, 4) is 5.75 Å². The summed E-state index contributed by atoms with van der Waals surface area (Å²) in [6, 6.07) is 6.39. The van der Waals surface area contributed by atoms with E-state index < -0.39 is 0 Å². The number of fused-ring (bicyclic) bond motifs is 1. The molecule has 1 aromatic carbocycles. The molecule has 0 bridgehead atoms. The van der Waals surface area contributed by atoms with Crippen LogP contribution in [0.5, 0.6) is 5.75 Å². The summed E-state index contributed by atoms with van der Waals surface area (Å²) in [6.45, 7) is 4.98. The maximum atomic E-state index is 5.85. The second kappa shape index (κ2) is 3.04. The molecule has 0 aliphatic carbocycles. The molecule has 1 aliphatic heterocycles. The van der Waals surface area contributed by atoms with E-state index in [4.69, 9.17) is 10.5 Å². The molecule has 2 nitrogen and oxygen atoms in total. The summed E-state index contributed by atoms with van der Waals surface area (Å²) in [5.74, 6) is 1.52. The van der Waals surface area contributed by atoms with E-state index in [9.17, 15) is 0 Å². The van der Waals surface area contributed by atoms with Crippen LogP contribution in [0, 0.1) is 0 Å². The van der Waals surface area contributed by atoms with Crippen LogP contribution in [0.15, 0.2) is 18.2 Å². The third-order valence-corrected chi connectivity index (χ3v) is 2.52. The zero-order chi connectivity index (χ0) is 9.42. The Morgan fingerprint density at radius 2 is 2.23 bits per heavy atom. The van der Waals surface area contributed by atoms with Crippen molar-refractivity contribution in [2.45, 2.75) is 25.8 Å². The Morgan fingerprint density at radius 3 is 2.92 bits per heavy atom. The lowest BCUT2D eigenvalue weighted by Crippen LogP contribution is -2.10. The maximum absolute atomic E-state index is 5.85. The Balaban J connectivity index is 2.40. The van der Waals surface area contributed by atoms with Gasteiger partial charge < -0.3 is 10.5 Å². The first-order valence-corrected chi connectivity index (χ1v) is 4.70.